The van der Waals surface area contributed by atoms with E-state index in [4.69, 9.17) is 4.74 Å². The summed E-state index contributed by atoms with van der Waals surface area (Å²) in [6, 6.07) is 8.51. The van der Waals surface area contributed by atoms with E-state index in [0.717, 1.165) is 12.3 Å². The number of allylic oxidation sites excluding steroid dienone is 6. The van der Waals surface area contributed by atoms with Crippen molar-refractivity contribution in [1.29, 1.82) is 0 Å². The zero-order chi connectivity index (χ0) is 23.3. The number of likely N-dealkylation sites (N-methyl/N-ethyl adjacent to an activating group) is 1. The molecule has 0 saturated carbocycles. The Balaban J connectivity index is 1.81. The van der Waals surface area contributed by atoms with Gasteiger partial charge in [-0.05, 0) is 82.0 Å². The average molecular weight is 430 g/mol. The van der Waals surface area contributed by atoms with E-state index in [1.165, 1.54) is 17.6 Å². The van der Waals surface area contributed by atoms with Crippen LogP contribution in [-0.4, -0.2) is 31.1 Å². The number of nitrogens with zero attached hydrogens (tertiary/aromatic N) is 1. The highest BCUT2D eigenvalue weighted by Crippen LogP contribution is 2.23. The van der Waals surface area contributed by atoms with Gasteiger partial charge in [-0.2, -0.15) is 0 Å². The second-order valence-corrected chi connectivity index (χ2v) is 8.53. The summed E-state index contributed by atoms with van der Waals surface area (Å²) in [6.45, 7) is 14.1. The van der Waals surface area contributed by atoms with E-state index < -0.39 is 0 Å². The summed E-state index contributed by atoms with van der Waals surface area (Å²) in [7, 11) is 2.19. The topological polar surface area (TPSA) is 12.5 Å². The molecule has 4 atom stereocenters. The van der Waals surface area contributed by atoms with E-state index in [9.17, 15) is 0 Å². The van der Waals surface area contributed by atoms with Crippen LogP contribution in [0.5, 0.6) is 5.75 Å². The molecule has 0 fully saturated rings. The van der Waals surface area contributed by atoms with Crippen LogP contribution in [0.15, 0.2) is 85.0 Å². The van der Waals surface area contributed by atoms with Crippen molar-refractivity contribution in [2.24, 2.45) is 11.8 Å². The van der Waals surface area contributed by atoms with Crippen LogP contribution >= 0.6 is 0 Å². The lowest BCUT2D eigenvalue weighted by atomic mass is 9.87. The quantitative estimate of drug-likeness (QED) is 0.279. The molecule has 0 aromatic heterocycles. The number of benzene rings is 1. The second-order valence-electron chi connectivity index (χ2n) is 8.53. The Morgan fingerprint density at radius 2 is 1.91 bits per heavy atom. The molecule has 170 valence electrons. The van der Waals surface area contributed by atoms with E-state index in [2.05, 4.69) is 99.7 Å². The molecule has 0 bridgehead atoms. The summed E-state index contributed by atoms with van der Waals surface area (Å²) in [6.07, 6.45) is 18.3. The Hall–Kier alpha value is -2.76. The van der Waals surface area contributed by atoms with Crippen molar-refractivity contribution in [3.63, 3.8) is 0 Å². The third-order valence-corrected chi connectivity index (χ3v) is 6.27. The second kappa shape index (κ2) is 13.6. The summed E-state index contributed by atoms with van der Waals surface area (Å²) in [5.74, 6) is 8.50. The van der Waals surface area contributed by atoms with E-state index in [1.807, 2.05) is 31.2 Å². The van der Waals surface area contributed by atoms with E-state index in [1.54, 1.807) is 0 Å². The summed E-state index contributed by atoms with van der Waals surface area (Å²) in [5.41, 5.74) is 2.43. The molecule has 1 aliphatic rings. The van der Waals surface area contributed by atoms with Crippen molar-refractivity contribution in [3.05, 3.63) is 90.6 Å². The molecule has 1 aliphatic carbocycles. The van der Waals surface area contributed by atoms with E-state index in [-0.39, 0.29) is 5.92 Å². The highest BCUT2D eigenvalue weighted by atomic mass is 16.5. The third kappa shape index (κ3) is 8.06. The largest absolute Gasteiger partial charge is 0.490 e. The monoisotopic (exact) mass is 429 g/mol. The molecule has 2 rings (SSSR count). The molecule has 32 heavy (non-hydrogen) atoms. The van der Waals surface area contributed by atoms with Crippen LogP contribution in [0, 0.1) is 23.7 Å². The number of ether oxygens (including phenoxy) is 1. The Labute approximate surface area is 196 Å². The Morgan fingerprint density at radius 3 is 2.56 bits per heavy atom. The first-order valence-electron chi connectivity index (χ1n) is 11.7. The fourth-order valence-corrected chi connectivity index (χ4v) is 3.83. The van der Waals surface area contributed by atoms with Crippen LogP contribution in [0.4, 0.5) is 0 Å². The summed E-state index contributed by atoms with van der Waals surface area (Å²) < 4.78 is 5.84. The Bertz CT molecular complexity index is 891. The van der Waals surface area contributed by atoms with Gasteiger partial charge in [-0.25, -0.2) is 0 Å². The first-order chi connectivity index (χ1) is 15.5. The van der Waals surface area contributed by atoms with Gasteiger partial charge in [0.25, 0.3) is 0 Å². The standard InChI is InChI=1S/C30H39NO/c1-7-13-24(3)29-17-19-30(20-18-29)32-23-12-11-15-27(8-2)26(5)31(6)22-21-28-16-10-9-14-25(28)4/h8-12,14-20,24-26,28H,2,21-23H2,1,3-6H3/b12-11+,27-15+. The molecule has 2 nitrogen and oxygen atoms in total. The average Bonchev–Trinajstić information content (AvgIpc) is 2.81. The molecule has 0 spiro atoms. The maximum absolute atomic E-state index is 5.84. The molecule has 2 heteroatoms. The van der Waals surface area contributed by atoms with Crippen LogP contribution in [0.3, 0.4) is 0 Å². The minimum Gasteiger partial charge on any atom is -0.490 e. The molecule has 0 heterocycles. The molecular weight excluding hydrogens is 390 g/mol. The van der Waals surface area contributed by atoms with Crippen LogP contribution in [0.1, 0.15) is 45.6 Å². The molecule has 1 aromatic rings. The lowest BCUT2D eigenvalue weighted by Crippen LogP contribution is -2.32. The normalized spacial score (nSPS) is 20.1. The molecule has 0 radical (unpaired) electrons. The van der Waals surface area contributed by atoms with Crippen molar-refractivity contribution >= 4 is 0 Å². The zero-order valence-corrected chi connectivity index (χ0v) is 20.4. The first kappa shape index (κ1) is 25.5. The molecule has 0 N–H and O–H groups in total. The van der Waals surface area contributed by atoms with Gasteiger partial charge in [0.05, 0.1) is 0 Å². The molecule has 0 saturated heterocycles. The maximum atomic E-state index is 5.84. The molecule has 0 amide bonds. The van der Waals surface area contributed by atoms with E-state index >= 15 is 0 Å². The summed E-state index contributed by atoms with van der Waals surface area (Å²) in [4.78, 5) is 2.40. The van der Waals surface area contributed by atoms with Gasteiger partial charge < -0.3 is 4.74 Å². The van der Waals surface area contributed by atoms with Gasteiger partial charge in [0, 0.05) is 12.0 Å². The summed E-state index contributed by atoms with van der Waals surface area (Å²) in [5, 5.41) is 0. The van der Waals surface area contributed by atoms with Crippen molar-refractivity contribution in [2.75, 3.05) is 20.2 Å². The highest BCUT2D eigenvalue weighted by molar-refractivity contribution is 5.33. The number of rotatable bonds is 11. The van der Waals surface area contributed by atoms with Crippen LogP contribution in [0.2, 0.25) is 0 Å². The Kier molecular flexibility index (Phi) is 10.8. The molecular formula is C30H39NO. The zero-order valence-electron chi connectivity index (χ0n) is 20.4. The SMILES string of the molecule is C=C/C(=C\C=C\COc1ccc(C(C)C#CC)cc1)C(C)N(C)CCC1C=CC=CC1C. The van der Waals surface area contributed by atoms with Gasteiger partial charge in [0.1, 0.15) is 12.4 Å². The fourth-order valence-electron chi connectivity index (χ4n) is 3.83. The van der Waals surface area contributed by atoms with Gasteiger partial charge in [0.2, 0.25) is 0 Å². The molecule has 0 aliphatic heterocycles. The lowest BCUT2D eigenvalue weighted by molar-refractivity contribution is 0.264. The van der Waals surface area contributed by atoms with Gasteiger partial charge in [-0.15, -0.1) is 5.92 Å². The van der Waals surface area contributed by atoms with Crippen molar-refractivity contribution in [3.8, 4) is 17.6 Å². The van der Waals surface area contributed by atoms with Crippen LogP contribution in [0.25, 0.3) is 0 Å². The minimum atomic E-state index is 0.246. The minimum absolute atomic E-state index is 0.246. The van der Waals surface area contributed by atoms with Gasteiger partial charge >= 0.3 is 0 Å². The van der Waals surface area contributed by atoms with Crippen LogP contribution < -0.4 is 4.74 Å². The van der Waals surface area contributed by atoms with Gasteiger partial charge in [-0.1, -0.05) is 74.1 Å². The predicted octanol–water partition coefficient (Wildman–Crippen LogP) is 6.95. The van der Waals surface area contributed by atoms with Crippen molar-refractivity contribution < 1.29 is 4.74 Å². The molecule has 1 aromatic carbocycles. The van der Waals surface area contributed by atoms with Gasteiger partial charge in [0.15, 0.2) is 0 Å². The van der Waals surface area contributed by atoms with Crippen molar-refractivity contribution in [1.82, 2.24) is 4.90 Å². The number of hydrogen-bond donors (Lipinski definition) is 0. The fraction of sp³-hybridized carbons (Fsp3) is 0.400. The smallest absolute Gasteiger partial charge is 0.119 e. The first-order valence-corrected chi connectivity index (χ1v) is 11.7. The van der Waals surface area contributed by atoms with Crippen molar-refractivity contribution in [2.45, 2.75) is 46.1 Å². The Morgan fingerprint density at radius 1 is 1.19 bits per heavy atom. The van der Waals surface area contributed by atoms with E-state index in [0.29, 0.717) is 24.5 Å². The third-order valence-electron chi connectivity index (χ3n) is 6.27. The lowest BCUT2D eigenvalue weighted by Gasteiger charge is -2.28. The highest BCUT2D eigenvalue weighted by Gasteiger charge is 2.17. The number of hydrogen-bond acceptors (Lipinski definition) is 2. The van der Waals surface area contributed by atoms with Crippen LogP contribution in [-0.2, 0) is 0 Å². The van der Waals surface area contributed by atoms with Gasteiger partial charge in [-0.3, -0.25) is 4.90 Å². The summed E-state index contributed by atoms with van der Waals surface area (Å²) >= 11 is 0. The predicted molar refractivity (Wildman–Crippen MR) is 139 cm³/mol. The molecule has 4 unspecified atom stereocenters. The maximum Gasteiger partial charge on any atom is 0.119 e.